The first-order valence-corrected chi connectivity index (χ1v) is 7.44. The maximum absolute atomic E-state index is 12.1. The molecule has 1 atom stereocenters. The van der Waals surface area contributed by atoms with Gasteiger partial charge in [-0.05, 0) is 37.7 Å². The highest BCUT2D eigenvalue weighted by molar-refractivity contribution is 5.94. The Morgan fingerprint density at radius 1 is 1.12 bits per heavy atom. The molecule has 2 aromatic carbocycles. The second kappa shape index (κ2) is 10.9. The normalized spacial score (nSPS) is 11.1. The number of carbonyl (C=O) groups excluding carboxylic acids is 1. The largest absolute Gasteiger partial charge is 0.399 e. The monoisotopic (exact) mass is 369 g/mol. The quantitative estimate of drug-likeness (QED) is 0.767. The molecule has 2 rings (SSSR count). The third-order valence-electron chi connectivity index (χ3n) is 3.73. The average Bonchev–Trinajstić information content (AvgIpc) is 2.53. The van der Waals surface area contributed by atoms with Gasteiger partial charge in [-0.15, -0.1) is 24.8 Å². The van der Waals surface area contributed by atoms with E-state index in [0.717, 1.165) is 6.54 Å². The number of nitrogen functional groups attached to an aromatic ring is 1. The Balaban J connectivity index is 0.00000264. The van der Waals surface area contributed by atoms with E-state index in [1.165, 1.54) is 5.56 Å². The van der Waals surface area contributed by atoms with E-state index in [1.54, 1.807) is 24.3 Å². The molecule has 0 aliphatic carbocycles. The summed E-state index contributed by atoms with van der Waals surface area (Å²) < 4.78 is 0. The molecule has 0 saturated heterocycles. The number of halogens is 2. The summed E-state index contributed by atoms with van der Waals surface area (Å²) in [5.41, 5.74) is 8.16. The van der Waals surface area contributed by atoms with Gasteiger partial charge in [0.15, 0.2) is 0 Å². The van der Waals surface area contributed by atoms with Crippen LogP contribution in [0.15, 0.2) is 54.6 Å². The van der Waals surface area contributed by atoms with Crippen LogP contribution in [-0.2, 0) is 6.54 Å². The molecule has 132 valence electrons. The summed E-state index contributed by atoms with van der Waals surface area (Å²) in [5, 5.41) is 2.96. The predicted molar refractivity (Wildman–Crippen MR) is 105 cm³/mol. The van der Waals surface area contributed by atoms with E-state index in [1.807, 2.05) is 18.2 Å². The Kier molecular flexibility index (Phi) is 10.1. The first-order chi connectivity index (χ1) is 10.6. The summed E-state index contributed by atoms with van der Waals surface area (Å²) in [7, 11) is 2.06. The molecule has 0 heterocycles. The van der Waals surface area contributed by atoms with Gasteiger partial charge in [-0.3, -0.25) is 9.69 Å². The minimum Gasteiger partial charge on any atom is -0.399 e. The number of hydrogen-bond donors (Lipinski definition) is 2. The van der Waals surface area contributed by atoms with E-state index in [-0.39, 0.29) is 36.8 Å². The molecule has 0 spiro atoms. The molecule has 24 heavy (non-hydrogen) atoms. The second-order valence-electron chi connectivity index (χ2n) is 5.59. The van der Waals surface area contributed by atoms with Gasteiger partial charge in [-0.1, -0.05) is 36.4 Å². The molecule has 0 fully saturated rings. The Labute approximate surface area is 156 Å². The Bertz CT molecular complexity index is 623. The van der Waals surface area contributed by atoms with Gasteiger partial charge >= 0.3 is 0 Å². The molecule has 0 saturated carbocycles. The highest BCUT2D eigenvalue weighted by Crippen LogP contribution is 2.08. The second-order valence-corrected chi connectivity index (χ2v) is 5.59. The zero-order chi connectivity index (χ0) is 15.9. The highest BCUT2D eigenvalue weighted by atomic mass is 35.5. The van der Waals surface area contributed by atoms with Crippen LogP contribution in [0.25, 0.3) is 0 Å². The number of likely N-dealkylation sites (N-methyl/N-ethyl adjacent to an activating group) is 1. The summed E-state index contributed by atoms with van der Waals surface area (Å²) in [5.74, 6) is -0.0905. The van der Waals surface area contributed by atoms with Crippen molar-refractivity contribution in [2.45, 2.75) is 19.5 Å². The van der Waals surface area contributed by atoms with Crippen LogP contribution in [0.1, 0.15) is 22.8 Å². The number of carbonyl (C=O) groups is 1. The minimum absolute atomic E-state index is 0. The maximum Gasteiger partial charge on any atom is 0.251 e. The smallest absolute Gasteiger partial charge is 0.251 e. The van der Waals surface area contributed by atoms with Crippen molar-refractivity contribution in [1.29, 1.82) is 0 Å². The van der Waals surface area contributed by atoms with E-state index < -0.39 is 0 Å². The molecule has 0 aliphatic heterocycles. The van der Waals surface area contributed by atoms with E-state index >= 15 is 0 Å². The number of amides is 1. The van der Waals surface area contributed by atoms with Crippen molar-refractivity contribution < 1.29 is 4.79 Å². The fraction of sp³-hybridized carbons (Fsp3) is 0.278. The first-order valence-electron chi connectivity index (χ1n) is 7.44. The third kappa shape index (κ3) is 6.79. The van der Waals surface area contributed by atoms with Crippen molar-refractivity contribution in [2.75, 3.05) is 19.3 Å². The van der Waals surface area contributed by atoms with Gasteiger partial charge < -0.3 is 11.1 Å². The molecule has 6 heteroatoms. The molecule has 0 radical (unpaired) electrons. The minimum atomic E-state index is -0.0905. The SMILES string of the molecule is CC(CNC(=O)c1cccc(N)c1)N(C)Cc1ccccc1.Cl.Cl. The van der Waals surface area contributed by atoms with Crippen LogP contribution in [-0.4, -0.2) is 30.4 Å². The van der Waals surface area contributed by atoms with Gasteiger partial charge in [-0.25, -0.2) is 0 Å². The van der Waals surface area contributed by atoms with Gasteiger partial charge in [-0.2, -0.15) is 0 Å². The van der Waals surface area contributed by atoms with Crippen molar-refractivity contribution in [2.24, 2.45) is 0 Å². The van der Waals surface area contributed by atoms with Crippen LogP contribution in [0.3, 0.4) is 0 Å². The number of nitrogens with one attached hydrogen (secondary N) is 1. The Hall–Kier alpha value is -1.75. The number of rotatable bonds is 6. The molecular formula is C18H25Cl2N3O. The van der Waals surface area contributed by atoms with Gasteiger partial charge in [0.2, 0.25) is 0 Å². The molecule has 0 aliphatic rings. The van der Waals surface area contributed by atoms with Gasteiger partial charge in [0.1, 0.15) is 0 Å². The Morgan fingerprint density at radius 2 is 1.79 bits per heavy atom. The average molecular weight is 370 g/mol. The van der Waals surface area contributed by atoms with Crippen molar-refractivity contribution in [3.63, 3.8) is 0 Å². The number of anilines is 1. The molecular weight excluding hydrogens is 345 g/mol. The van der Waals surface area contributed by atoms with Crippen molar-refractivity contribution in [3.05, 3.63) is 65.7 Å². The molecule has 4 nitrogen and oxygen atoms in total. The highest BCUT2D eigenvalue weighted by Gasteiger charge is 2.12. The molecule has 3 N–H and O–H groups in total. The number of benzene rings is 2. The molecule has 1 unspecified atom stereocenters. The van der Waals surface area contributed by atoms with E-state index in [9.17, 15) is 4.79 Å². The fourth-order valence-electron chi connectivity index (χ4n) is 2.21. The van der Waals surface area contributed by atoms with E-state index in [2.05, 4.69) is 36.3 Å². The lowest BCUT2D eigenvalue weighted by Crippen LogP contribution is -2.39. The topological polar surface area (TPSA) is 58.4 Å². The van der Waals surface area contributed by atoms with Crippen molar-refractivity contribution >= 4 is 36.4 Å². The molecule has 2 aromatic rings. The lowest BCUT2D eigenvalue weighted by molar-refractivity contribution is 0.0940. The van der Waals surface area contributed by atoms with Gasteiger partial charge in [0.05, 0.1) is 0 Å². The zero-order valence-corrected chi connectivity index (χ0v) is 15.6. The van der Waals surface area contributed by atoms with Crippen molar-refractivity contribution in [1.82, 2.24) is 10.2 Å². The van der Waals surface area contributed by atoms with Crippen LogP contribution in [0, 0.1) is 0 Å². The lowest BCUT2D eigenvalue weighted by Gasteiger charge is -2.25. The van der Waals surface area contributed by atoms with E-state index in [0.29, 0.717) is 17.8 Å². The maximum atomic E-state index is 12.1. The van der Waals surface area contributed by atoms with Crippen LogP contribution >= 0.6 is 24.8 Å². The van der Waals surface area contributed by atoms with Crippen molar-refractivity contribution in [3.8, 4) is 0 Å². The lowest BCUT2D eigenvalue weighted by atomic mass is 10.1. The number of nitrogens with two attached hydrogens (primary N) is 1. The van der Waals surface area contributed by atoms with Gasteiger partial charge in [0, 0.05) is 30.4 Å². The van der Waals surface area contributed by atoms with Crippen LogP contribution in [0.4, 0.5) is 5.69 Å². The zero-order valence-electron chi connectivity index (χ0n) is 13.9. The molecule has 0 bridgehead atoms. The summed E-state index contributed by atoms with van der Waals surface area (Å²) >= 11 is 0. The molecule has 1 amide bonds. The number of hydrogen-bond acceptors (Lipinski definition) is 3. The summed E-state index contributed by atoms with van der Waals surface area (Å²) in [6.07, 6.45) is 0. The first kappa shape index (κ1) is 22.2. The number of nitrogens with zero attached hydrogens (tertiary/aromatic N) is 1. The summed E-state index contributed by atoms with van der Waals surface area (Å²) in [6.45, 7) is 3.55. The third-order valence-corrected chi connectivity index (χ3v) is 3.73. The standard InChI is InChI=1S/C18H23N3O.2ClH/c1-14(21(2)13-15-7-4-3-5-8-15)12-20-18(22)16-9-6-10-17(19)11-16;;/h3-11,14H,12-13,19H2,1-2H3,(H,20,22);2*1H. The van der Waals surface area contributed by atoms with Crippen LogP contribution in [0.2, 0.25) is 0 Å². The van der Waals surface area contributed by atoms with Gasteiger partial charge in [0.25, 0.3) is 5.91 Å². The van der Waals surface area contributed by atoms with Crippen LogP contribution < -0.4 is 11.1 Å². The fourth-order valence-corrected chi connectivity index (χ4v) is 2.21. The summed E-state index contributed by atoms with van der Waals surface area (Å²) in [4.78, 5) is 14.3. The van der Waals surface area contributed by atoms with E-state index in [4.69, 9.17) is 5.73 Å². The summed E-state index contributed by atoms with van der Waals surface area (Å²) in [6, 6.07) is 17.6. The molecule has 0 aromatic heterocycles. The van der Waals surface area contributed by atoms with Crippen LogP contribution in [0.5, 0.6) is 0 Å². The predicted octanol–water partition coefficient (Wildman–Crippen LogP) is 3.36. The Morgan fingerprint density at radius 3 is 2.42 bits per heavy atom.